The molecular weight excluding hydrogens is 256 g/mol. The van der Waals surface area contributed by atoms with E-state index in [9.17, 15) is 4.79 Å². The number of anilines is 1. The van der Waals surface area contributed by atoms with Crippen LogP contribution in [-0.4, -0.2) is 29.2 Å². The van der Waals surface area contributed by atoms with Gasteiger partial charge in [0.25, 0.3) is 0 Å². The fourth-order valence-electron chi connectivity index (χ4n) is 1.36. The Morgan fingerprint density at radius 1 is 1.40 bits per heavy atom. The molecule has 0 aliphatic heterocycles. The van der Waals surface area contributed by atoms with E-state index in [0.29, 0.717) is 10.9 Å². The van der Waals surface area contributed by atoms with Crippen LogP contribution in [0.1, 0.15) is 24.2 Å². The number of Topliss-reactive ketones (excluding diaryl/α,β-unsaturated/α-hetero) is 1. The van der Waals surface area contributed by atoms with E-state index in [-0.39, 0.29) is 5.78 Å². The Balaban J connectivity index is 2.84. The second kappa shape index (κ2) is 5.85. The molecule has 0 aliphatic carbocycles. The number of rotatable bonds is 5. The van der Waals surface area contributed by atoms with Gasteiger partial charge in [-0.3, -0.25) is 4.79 Å². The van der Waals surface area contributed by atoms with Crippen LogP contribution in [0.15, 0.2) is 18.3 Å². The molecule has 0 N–H and O–H groups in total. The van der Waals surface area contributed by atoms with Crippen molar-refractivity contribution in [1.82, 2.24) is 4.98 Å². The number of hydrogen-bond donors (Lipinski definition) is 0. The first kappa shape index (κ1) is 12.2. The largest absolute Gasteiger partial charge is 0.357 e. The lowest BCUT2D eigenvalue weighted by molar-refractivity contribution is 0.102. The van der Waals surface area contributed by atoms with Crippen LogP contribution >= 0.6 is 15.9 Å². The van der Waals surface area contributed by atoms with Gasteiger partial charge in [0.05, 0.1) is 5.33 Å². The quantitative estimate of drug-likeness (QED) is 0.609. The standard InChI is InChI=1S/C11H15BrN2O/c1-3-14(4-2)11-6-5-9(8-13-11)10(15)7-12/h5-6,8H,3-4,7H2,1-2H3. The topological polar surface area (TPSA) is 33.2 Å². The number of hydrogen-bond acceptors (Lipinski definition) is 3. The van der Waals surface area contributed by atoms with Gasteiger partial charge in [0.15, 0.2) is 5.78 Å². The molecule has 4 heteroatoms. The van der Waals surface area contributed by atoms with Crippen molar-refractivity contribution in [2.75, 3.05) is 23.3 Å². The van der Waals surface area contributed by atoms with Crippen LogP contribution in [0.25, 0.3) is 0 Å². The van der Waals surface area contributed by atoms with Crippen LogP contribution in [0.2, 0.25) is 0 Å². The highest BCUT2D eigenvalue weighted by Crippen LogP contribution is 2.11. The van der Waals surface area contributed by atoms with E-state index < -0.39 is 0 Å². The fourth-order valence-corrected chi connectivity index (χ4v) is 1.69. The van der Waals surface area contributed by atoms with Crippen molar-refractivity contribution >= 4 is 27.5 Å². The maximum atomic E-state index is 11.3. The highest BCUT2D eigenvalue weighted by molar-refractivity contribution is 9.09. The Bertz CT molecular complexity index is 320. The van der Waals surface area contributed by atoms with Gasteiger partial charge in [-0.05, 0) is 26.0 Å². The number of alkyl halides is 1. The summed E-state index contributed by atoms with van der Waals surface area (Å²) >= 11 is 3.14. The molecule has 0 unspecified atom stereocenters. The van der Waals surface area contributed by atoms with Gasteiger partial charge in [-0.25, -0.2) is 4.98 Å². The minimum atomic E-state index is 0.0635. The lowest BCUT2D eigenvalue weighted by Crippen LogP contribution is -2.22. The lowest BCUT2D eigenvalue weighted by atomic mass is 10.2. The SMILES string of the molecule is CCN(CC)c1ccc(C(=O)CBr)cn1. The number of carbonyl (C=O) groups excluding carboxylic acids is 1. The summed E-state index contributed by atoms with van der Waals surface area (Å²) in [5.74, 6) is 0.986. The van der Waals surface area contributed by atoms with Gasteiger partial charge in [-0.1, -0.05) is 15.9 Å². The number of halogens is 1. The van der Waals surface area contributed by atoms with E-state index in [0.717, 1.165) is 18.9 Å². The molecule has 0 radical (unpaired) electrons. The van der Waals surface area contributed by atoms with Crippen molar-refractivity contribution in [2.45, 2.75) is 13.8 Å². The van der Waals surface area contributed by atoms with E-state index in [2.05, 4.69) is 39.7 Å². The average Bonchev–Trinajstić information content (AvgIpc) is 2.30. The zero-order chi connectivity index (χ0) is 11.3. The summed E-state index contributed by atoms with van der Waals surface area (Å²) in [6.07, 6.45) is 1.64. The zero-order valence-corrected chi connectivity index (χ0v) is 10.6. The van der Waals surface area contributed by atoms with Crippen LogP contribution in [0.4, 0.5) is 5.82 Å². The first-order chi connectivity index (χ1) is 7.22. The molecule has 1 aromatic heterocycles. The molecule has 0 spiro atoms. The zero-order valence-electron chi connectivity index (χ0n) is 9.03. The molecule has 0 amide bonds. The third kappa shape index (κ3) is 3.02. The first-order valence-corrected chi connectivity index (χ1v) is 6.15. The van der Waals surface area contributed by atoms with Gasteiger partial charge in [-0.2, -0.15) is 0 Å². The Kier molecular flexibility index (Phi) is 4.75. The summed E-state index contributed by atoms with van der Waals surface area (Å²) in [6, 6.07) is 3.72. The monoisotopic (exact) mass is 270 g/mol. The molecular formula is C11H15BrN2O. The minimum Gasteiger partial charge on any atom is -0.357 e. The molecule has 3 nitrogen and oxygen atoms in total. The average molecular weight is 271 g/mol. The smallest absolute Gasteiger partial charge is 0.174 e. The number of ketones is 1. The molecule has 0 aromatic carbocycles. The van der Waals surface area contributed by atoms with Crippen molar-refractivity contribution in [3.05, 3.63) is 23.9 Å². The van der Waals surface area contributed by atoms with Gasteiger partial charge in [0, 0.05) is 24.8 Å². The highest BCUT2D eigenvalue weighted by atomic mass is 79.9. The van der Waals surface area contributed by atoms with Gasteiger partial charge < -0.3 is 4.90 Å². The Morgan fingerprint density at radius 3 is 2.47 bits per heavy atom. The molecule has 1 aromatic rings. The molecule has 0 saturated carbocycles. The maximum absolute atomic E-state index is 11.3. The maximum Gasteiger partial charge on any atom is 0.174 e. The van der Waals surface area contributed by atoms with Gasteiger partial charge >= 0.3 is 0 Å². The fraction of sp³-hybridized carbons (Fsp3) is 0.455. The van der Waals surface area contributed by atoms with Crippen LogP contribution in [-0.2, 0) is 0 Å². The van der Waals surface area contributed by atoms with Crippen LogP contribution in [0.3, 0.4) is 0 Å². The van der Waals surface area contributed by atoms with Crippen molar-refractivity contribution < 1.29 is 4.79 Å². The third-order valence-corrected chi connectivity index (χ3v) is 2.79. The van der Waals surface area contributed by atoms with E-state index in [4.69, 9.17) is 0 Å². The van der Waals surface area contributed by atoms with Crippen LogP contribution in [0, 0.1) is 0 Å². The predicted octanol–water partition coefficient (Wildman–Crippen LogP) is 2.51. The number of nitrogens with zero attached hydrogens (tertiary/aromatic N) is 2. The molecule has 0 aliphatic rings. The van der Waals surface area contributed by atoms with Gasteiger partial charge in [-0.15, -0.1) is 0 Å². The van der Waals surface area contributed by atoms with Gasteiger partial charge in [0.1, 0.15) is 5.82 Å². The van der Waals surface area contributed by atoms with Crippen molar-refractivity contribution in [2.24, 2.45) is 0 Å². The molecule has 0 bridgehead atoms. The Labute approximate surface area is 98.6 Å². The summed E-state index contributed by atoms with van der Waals surface area (Å²) < 4.78 is 0. The van der Waals surface area contributed by atoms with Gasteiger partial charge in [0.2, 0.25) is 0 Å². The Hall–Kier alpha value is -0.900. The molecule has 82 valence electrons. The number of pyridine rings is 1. The van der Waals surface area contributed by atoms with Crippen LogP contribution < -0.4 is 4.90 Å². The van der Waals surface area contributed by atoms with Crippen molar-refractivity contribution in [1.29, 1.82) is 0 Å². The van der Waals surface area contributed by atoms with E-state index in [1.807, 2.05) is 12.1 Å². The highest BCUT2D eigenvalue weighted by Gasteiger charge is 2.06. The normalized spacial score (nSPS) is 10.1. The summed E-state index contributed by atoms with van der Waals surface area (Å²) in [5.41, 5.74) is 0.655. The number of aromatic nitrogens is 1. The van der Waals surface area contributed by atoms with E-state index >= 15 is 0 Å². The van der Waals surface area contributed by atoms with E-state index in [1.54, 1.807) is 6.20 Å². The molecule has 15 heavy (non-hydrogen) atoms. The summed E-state index contributed by atoms with van der Waals surface area (Å²) in [4.78, 5) is 17.7. The minimum absolute atomic E-state index is 0.0635. The first-order valence-electron chi connectivity index (χ1n) is 5.03. The number of carbonyl (C=O) groups is 1. The molecule has 1 rings (SSSR count). The molecule has 0 fully saturated rings. The van der Waals surface area contributed by atoms with E-state index in [1.165, 1.54) is 0 Å². The van der Waals surface area contributed by atoms with Crippen molar-refractivity contribution in [3.8, 4) is 0 Å². The predicted molar refractivity (Wildman–Crippen MR) is 65.9 cm³/mol. The molecule has 0 atom stereocenters. The summed E-state index contributed by atoms with van der Waals surface area (Å²) in [6.45, 7) is 6.02. The van der Waals surface area contributed by atoms with Crippen molar-refractivity contribution in [3.63, 3.8) is 0 Å². The Morgan fingerprint density at radius 2 is 2.07 bits per heavy atom. The molecule has 1 heterocycles. The molecule has 0 saturated heterocycles. The second-order valence-electron chi connectivity index (χ2n) is 3.13. The summed E-state index contributed by atoms with van der Waals surface area (Å²) in [7, 11) is 0. The third-order valence-electron chi connectivity index (χ3n) is 2.28. The summed E-state index contributed by atoms with van der Waals surface area (Å²) in [5, 5.41) is 0.347. The second-order valence-corrected chi connectivity index (χ2v) is 3.69. The lowest BCUT2D eigenvalue weighted by Gasteiger charge is -2.19. The van der Waals surface area contributed by atoms with Crippen LogP contribution in [0.5, 0.6) is 0 Å².